The van der Waals surface area contributed by atoms with Crippen molar-refractivity contribution >= 4 is 23.6 Å². The first-order valence-electron chi connectivity index (χ1n) is 13.6. The highest BCUT2D eigenvalue weighted by molar-refractivity contribution is 8.00. The fourth-order valence-corrected chi connectivity index (χ4v) is 5.28. The molecule has 0 aliphatic heterocycles. The number of hydrogen-bond donors (Lipinski definition) is 4. The van der Waals surface area contributed by atoms with Gasteiger partial charge in [0.15, 0.2) is 0 Å². The van der Waals surface area contributed by atoms with Gasteiger partial charge in [-0.05, 0) is 48.1 Å². The van der Waals surface area contributed by atoms with Crippen molar-refractivity contribution in [2.45, 2.75) is 70.4 Å². The molecule has 0 saturated heterocycles. The molecule has 4 N–H and O–H groups in total. The van der Waals surface area contributed by atoms with Gasteiger partial charge in [0, 0.05) is 36.2 Å². The molecule has 2 amide bonds. The lowest BCUT2D eigenvalue weighted by Gasteiger charge is -2.25. The zero-order chi connectivity index (χ0) is 28.6. The molecule has 2 aromatic rings. The van der Waals surface area contributed by atoms with Gasteiger partial charge in [0.05, 0.1) is 24.0 Å². The van der Waals surface area contributed by atoms with Gasteiger partial charge in [-0.1, -0.05) is 52.0 Å². The minimum Gasteiger partial charge on any atom is -0.390 e. The maximum Gasteiger partial charge on any atom is 0.224 e. The van der Waals surface area contributed by atoms with Crippen LogP contribution in [0.25, 0.3) is 0 Å². The molecule has 1 saturated carbocycles. The highest BCUT2D eigenvalue weighted by Gasteiger charge is 2.48. The highest BCUT2D eigenvalue weighted by Crippen LogP contribution is 2.39. The van der Waals surface area contributed by atoms with Crippen molar-refractivity contribution in [3.05, 3.63) is 70.8 Å². The van der Waals surface area contributed by atoms with Crippen LogP contribution in [0.4, 0.5) is 8.78 Å². The van der Waals surface area contributed by atoms with Crippen LogP contribution in [0.5, 0.6) is 0 Å². The molecule has 0 bridgehead atoms. The number of aliphatic hydroxyl groups is 1. The Kier molecular flexibility index (Phi) is 11.3. The summed E-state index contributed by atoms with van der Waals surface area (Å²) in [4.78, 5) is 25.5. The fraction of sp³-hybridized carbons (Fsp3) is 0.533. The monoisotopic (exact) mass is 561 g/mol. The summed E-state index contributed by atoms with van der Waals surface area (Å²) in [5.74, 6) is -2.03. The third kappa shape index (κ3) is 10.5. The van der Waals surface area contributed by atoms with Gasteiger partial charge >= 0.3 is 0 Å². The van der Waals surface area contributed by atoms with E-state index in [0.717, 1.165) is 23.8 Å². The van der Waals surface area contributed by atoms with Crippen molar-refractivity contribution in [1.82, 2.24) is 16.0 Å². The largest absolute Gasteiger partial charge is 0.390 e. The number of benzene rings is 2. The lowest BCUT2D eigenvalue weighted by Crippen LogP contribution is -2.49. The Morgan fingerprint density at radius 1 is 1.03 bits per heavy atom. The van der Waals surface area contributed by atoms with Crippen LogP contribution >= 0.6 is 11.8 Å². The maximum atomic E-state index is 13.8. The summed E-state index contributed by atoms with van der Waals surface area (Å²) in [5, 5.41) is 19.9. The number of aliphatic hydroxyl groups excluding tert-OH is 1. The molecule has 6 nitrogen and oxygen atoms in total. The third-order valence-electron chi connectivity index (χ3n) is 6.65. The van der Waals surface area contributed by atoms with Crippen molar-refractivity contribution in [2.24, 2.45) is 11.8 Å². The van der Waals surface area contributed by atoms with Crippen molar-refractivity contribution in [2.75, 3.05) is 18.8 Å². The number of aryl methyl sites for hydroxylation is 1. The first-order chi connectivity index (χ1) is 18.4. The lowest BCUT2D eigenvalue weighted by atomic mass is 10.00. The van der Waals surface area contributed by atoms with E-state index in [0.29, 0.717) is 25.1 Å². The third-order valence-corrected chi connectivity index (χ3v) is 7.93. The van der Waals surface area contributed by atoms with Crippen molar-refractivity contribution in [3.8, 4) is 0 Å². The summed E-state index contributed by atoms with van der Waals surface area (Å²) in [6.45, 7) is 9.65. The standard InChI is InChI=1S/C30H41F2N3O3S/c1-5-19-7-6-8-20(11-19)17-33-18-27(36)26(14-21-12-22(31)15-23(32)13-21)35-29(38)25-16-24(25)28(37)34-9-10-39-30(2,3)4/h6-8,11-13,15,24-27,33,36H,5,9-10,14,16-18H2,1-4H3,(H,34,37)(H,35,38)/t24-,25+,26-,27+/m0/s1. The molecule has 1 aliphatic carbocycles. The lowest BCUT2D eigenvalue weighted by molar-refractivity contribution is -0.128. The topological polar surface area (TPSA) is 90.5 Å². The summed E-state index contributed by atoms with van der Waals surface area (Å²) in [5.41, 5.74) is 2.61. The summed E-state index contributed by atoms with van der Waals surface area (Å²) in [7, 11) is 0. The summed E-state index contributed by atoms with van der Waals surface area (Å²) in [6, 6.07) is 10.5. The predicted molar refractivity (Wildman–Crippen MR) is 152 cm³/mol. The van der Waals surface area contributed by atoms with E-state index in [-0.39, 0.29) is 29.5 Å². The first kappa shape index (κ1) is 31.0. The summed E-state index contributed by atoms with van der Waals surface area (Å²) >= 11 is 1.75. The van der Waals surface area contributed by atoms with E-state index in [4.69, 9.17) is 0 Å². The Balaban J connectivity index is 1.57. The second kappa shape index (κ2) is 14.2. The van der Waals surface area contributed by atoms with E-state index in [2.05, 4.69) is 55.8 Å². The molecule has 1 aliphatic rings. The molecular weight excluding hydrogens is 520 g/mol. The highest BCUT2D eigenvalue weighted by atomic mass is 32.2. The van der Waals surface area contributed by atoms with E-state index < -0.39 is 35.6 Å². The number of thioether (sulfide) groups is 1. The summed E-state index contributed by atoms with van der Waals surface area (Å²) in [6.07, 6.45) is 0.385. The van der Waals surface area contributed by atoms with E-state index >= 15 is 0 Å². The van der Waals surface area contributed by atoms with Gasteiger partial charge in [-0.2, -0.15) is 11.8 Å². The molecular formula is C30H41F2N3O3S. The molecule has 0 unspecified atom stereocenters. The van der Waals surface area contributed by atoms with Gasteiger partial charge in [0.25, 0.3) is 0 Å². The normalized spacial score (nSPS) is 18.3. The quantitative estimate of drug-likeness (QED) is 0.262. The van der Waals surface area contributed by atoms with Gasteiger partial charge in [-0.3, -0.25) is 9.59 Å². The van der Waals surface area contributed by atoms with Gasteiger partial charge in [0.2, 0.25) is 11.8 Å². The average Bonchev–Trinajstić information content (AvgIpc) is 3.66. The zero-order valence-corrected chi connectivity index (χ0v) is 24.0. The molecule has 9 heteroatoms. The van der Waals surface area contributed by atoms with Crippen molar-refractivity contribution < 1.29 is 23.5 Å². The Bertz CT molecular complexity index is 1100. The molecule has 214 valence electrons. The van der Waals surface area contributed by atoms with E-state index in [1.807, 2.05) is 12.1 Å². The van der Waals surface area contributed by atoms with Crippen LogP contribution in [-0.2, 0) is 29.0 Å². The fourth-order valence-electron chi connectivity index (χ4n) is 4.46. The molecule has 1 fully saturated rings. The Labute approximate surface area is 234 Å². The number of amides is 2. The van der Waals surface area contributed by atoms with Crippen LogP contribution in [0.3, 0.4) is 0 Å². The Morgan fingerprint density at radius 2 is 1.69 bits per heavy atom. The van der Waals surface area contributed by atoms with Crippen LogP contribution in [0.1, 0.15) is 50.8 Å². The minimum atomic E-state index is -1.02. The van der Waals surface area contributed by atoms with Gasteiger partial charge in [-0.15, -0.1) is 0 Å². The Hall–Kier alpha value is -2.49. The number of nitrogens with one attached hydrogen (secondary N) is 3. The van der Waals surface area contributed by atoms with Crippen LogP contribution in [0.15, 0.2) is 42.5 Å². The minimum absolute atomic E-state index is 0.0438. The van der Waals surface area contributed by atoms with Gasteiger partial charge in [-0.25, -0.2) is 8.78 Å². The molecule has 0 aromatic heterocycles. The number of carbonyl (C=O) groups is 2. The molecule has 39 heavy (non-hydrogen) atoms. The first-order valence-corrected chi connectivity index (χ1v) is 14.6. The molecule has 0 heterocycles. The predicted octanol–water partition coefficient (Wildman–Crippen LogP) is 3.99. The molecule has 0 spiro atoms. The SMILES string of the molecule is CCc1cccc(CNC[C@@H](O)[C@H](Cc2cc(F)cc(F)c2)NC(=O)[C@@H]2C[C@@H]2C(=O)NCCSC(C)(C)C)c1. The van der Waals surface area contributed by atoms with E-state index in [1.54, 1.807) is 11.8 Å². The van der Waals surface area contributed by atoms with Crippen LogP contribution < -0.4 is 16.0 Å². The number of halogens is 2. The van der Waals surface area contributed by atoms with Crippen LogP contribution in [0.2, 0.25) is 0 Å². The van der Waals surface area contributed by atoms with Crippen molar-refractivity contribution in [3.63, 3.8) is 0 Å². The van der Waals surface area contributed by atoms with Crippen LogP contribution in [-0.4, -0.2) is 52.7 Å². The smallest absolute Gasteiger partial charge is 0.224 e. The van der Waals surface area contributed by atoms with Crippen LogP contribution in [0, 0.1) is 23.5 Å². The Morgan fingerprint density at radius 3 is 2.36 bits per heavy atom. The number of hydrogen-bond acceptors (Lipinski definition) is 5. The summed E-state index contributed by atoms with van der Waals surface area (Å²) < 4.78 is 27.7. The average molecular weight is 562 g/mol. The maximum absolute atomic E-state index is 13.8. The van der Waals surface area contributed by atoms with E-state index in [9.17, 15) is 23.5 Å². The molecule has 0 radical (unpaired) electrons. The second-order valence-corrected chi connectivity index (χ2v) is 13.1. The zero-order valence-electron chi connectivity index (χ0n) is 23.2. The molecule has 3 rings (SSSR count). The molecule has 2 aromatic carbocycles. The van der Waals surface area contributed by atoms with Gasteiger partial charge in [0.1, 0.15) is 11.6 Å². The molecule has 4 atom stereocenters. The number of carbonyl (C=O) groups excluding carboxylic acids is 2. The second-order valence-electron chi connectivity index (χ2n) is 11.2. The van der Waals surface area contributed by atoms with Gasteiger partial charge < -0.3 is 21.1 Å². The van der Waals surface area contributed by atoms with E-state index in [1.165, 1.54) is 17.7 Å². The number of rotatable bonds is 14. The van der Waals surface area contributed by atoms with Crippen molar-refractivity contribution in [1.29, 1.82) is 0 Å².